The van der Waals surface area contributed by atoms with Crippen molar-refractivity contribution in [1.82, 2.24) is 0 Å². The van der Waals surface area contributed by atoms with E-state index in [1.54, 1.807) is 7.11 Å². The molecule has 3 aromatic rings. The number of hydrogen-bond acceptors (Lipinski definition) is 3. The summed E-state index contributed by atoms with van der Waals surface area (Å²) in [7, 11) is 1.62. The molecule has 0 fully saturated rings. The molecule has 0 heterocycles. The normalized spacial score (nSPS) is 10.4. The van der Waals surface area contributed by atoms with Crippen LogP contribution in [0.2, 0.25) is 0 Å². The van der Waals surface area contributed by atoms with Crippen molar-refractivity contribution in [3.63, 3.8) is 0 Å². The van der Waals surface area contributed by atoms with E-state index in [1.165, 1.54) is 10.8 Å². The first-order valence-electron chi connectivity index (χ1n) is 6.46. The summed E-state index contributed by atoms with van der Waals surface area (Å²) in [5.41, 5.74) is 8.53. The molecule has 20 heavy (non-hydrogen) atoms. The molecule has 3 aromatic carbocycles. The van der Waals surface area contributed by atoms with Gasteiger partial charge in [-0.2, -0.15) is 0 Å². The number of fused-ring (bicyclic) bond motifs is 1. The summed E-state index contributed by atoms with van der Waals surface area (Å²) >= 11 is 0. The van der Waals surface area contributed by atoms with Crippen molar-refractivity contribution in [1.29, 1.82) is 0 Å². The number of methoxy groups -OCH3 is 1. The van der Waals surface area contributed by atoms with Crippen LogP contribution >= 0.6 is 0 Å². The average Bonchev–Trinajstić information content (AvgIpc) is 2.49. The fraction of sp³-hybridized carbons (Fsp3) is 0.0588. The van der Waals surface area contributed by atoms with E-state index >= 15 is 0 Å². The molecule has 0 bridgehead atoms. The van der Waals surface area contributed by atoms with Gasteiger partial charge in [0, 0.05) is 5.69 Å². The summed E-state index contributed by atoms with van der Waals surface area (Å²) < 4.78 is 5.23. The minimum atomic E-state index is 0.614. The zero-order valence-electron chi connectivity index (χ0n) is 11.3. The molecule has 3 N–H and O–H groups in total. The van der Waals surface area contributed by atoms with Crippen LogP contribution in [0, 0.1) is 0 Å². The lowest BCUT2D eigenvalue weighted by molar-refractivity contribution is 0.417. The minimum absolute atomic E-state index is 0.614. The Labute approximate surface area is 118 Å². The van der Waals surface area contributed by atoms with Crippen LogP contribution in [0.4, 0.5) is 17.1 Å². The molecule has 3 rings (SSSR count). The van der Waals surface area contributed by atoms with Crippen molar-refractivity contribution in [2.75, 3.05) is 18.2 Å². The quantitative estimate of drug-likeness (QED) is 0.698. The molecule has 100 valence electrons. The van der Waals surface area contributed by atoms with E-state index in [0.717, 1.165) is 11.4 Å². The molecule has 3 nitrogen and oxygen atoms in total. The highest BCUT2D eigenvalue weighted by atomic mass is 16.5. The van der Waals surface area contributed by atoms with Crippen molar-refractivity contribution >= 4 is 27.8 Å². The van der Waals surface area contributed by atoms with Crippen LogP contribution in [0.3, 0.4) is 0 Å². The number of benzene rings is 3. The van der Waals surface area contributed by atoms with Crippen LogP contribution in [0.25, 0.3) is 10.8 Å². The van der Waals surface area contributed by atoms with Crippen LogP contribution in [0.15, 0.2) is 60.7 Å². The third kappa shape index (κ3) is 2.26. The van der Waals surface area contributed by atoms with E-state index in [0.29, 0.717) is 11.4 Å². The van der Waals surface area contributed by atoms with Crippen molar-refractivity contribution in [2.24, 2.45) is 0 Å². The number of ether oxygens (including phenoxy) is 1. The van der Waals surface area contributed by atoms with Gasteiger partial charge in [-0.15, -0.1) is 0 Å². The van der Waals surface area contributed by atoms with E-state index in [1.807, 2.05) is 36.4 Å². The molecule has 0 saturated carbocycles. The van der Waals surface area contributed by atoms with Gasteiger partial charge in [0.2, 0.25) is 0 Å². The fourth-order valence-corrected chi connectivity index (χ4v) is 2.25. The molecule has 0 spiro atoms. The predicted octanol–water partition coefficient (Wildman–Crippen LogP) is 4.17. The molecule has 3 heteroatoms. The number of nitrogens with one attached hydrogen (secondary N) is 1. The zero-order chi connectivity index (χ0) is 13.9. The summed E-state index contributed by atoms with van der Waals surface area (Å²) in [6.07, 6.45) is 0. The Morgan fingerprint density at radius 2 is 1.70 bits per heavy atom. The number of nitrogen functional groups attached to an aromatic ring is 1. The standard InChI is InChI=1S/C17H16N2O/c1-20-16-8-4-7-15(17(16)18)19-14-10-9-12-5-2-3-6-13(12)11-14/h2-11,19H,18H2,1H3. The van der Waals surface area contributed by atoms with Gasteiger partial charge in [0.25, 0.3) is 0 Å². The number of rotatable bonds is 3. The third-order valence-electron chi connectivity index (χ3n) is 3.31. The fourth-order valence-electron chi connectivity index (χ4n) is 2.25. The van der Waals surface area contributed by atoms with Crippen LogP contribution in [-0.2, 0) is 0 Å². The number of anilines is 3. The second kappa shape index (κ2) is 5.13. The van der Waals surface area contributed by atoms with Gasteiger partial charge in [0.1, 0.15) is 5.75 Å². The van der Waals surface area contributed by atoms with Gasteiger partial charge in [-0.1, -0.05) is 36.4 Å². The van der Waals surface area contributed by atoms with E-state index in [4.69, 9.17) is 10.5 Å². The van der Waals surface area contributed by atoms with Crippen molar-refractivity contribution in [3.8, 4) is 5.75 Å². The average molecular weight is 264 g/mol. The van der Waals surface area contributed by atoms with Gasteiger partial charge in [-0.3, -0.25) is 0 Å². The number of hydrogen-bond donors (Lipinski definition) is 2. The lowest BCUT2D eigenvalue weighted by Crippen LogP contribution is -1.98. The highest BCUT2D eigenvalue weighted by molar-refractivity contribution is 5.87. The van der Waals surface area contributed by atoms with Crippen molar-refractivity contribution < 1.29 is 4.74 Å². The Hall–Kier alpha value is -2.68. The van der Waals surface area contributed by atoms with E-state index < -0.39 is 0 Å². The molecule has 0 amide bonds. The molecular weight excluding hydrogens is 248 g/mol. The molecule has 0 aliphatic carbocycles. The van der Waals surface area contributed by atoms with Gasteiger partial charge < -0.3 is 15.8 Å². The summed E-state index contributed by atoms with van der Waals surface area (Å²) in [6, 6.07) is 20.2. The van der Waals surface area contributed by atoms with Crippen molar-refractivity contribution in [3.05, 3.63) is 60.7 Å². The first-order valence-corrected chi connectivity index (χ1v) is 6.46. The van der Waals surface area contributed by atoms with E-state index in [-0.39, 0.29) is 0 Å². The summed E-state index contributed by atoms with van der Waals surface area (Å²) in [6.45, 7) is 0. The first-order chi connectivity index (χ1) is 9.78. The summed E-state index contributed by atoms with van der Waals surface area (Å²) in [4.78, 5) is 0. The highest BCUT2D eigenvalue weighted by Crippen LogP contribution is 2.32. The van der Waals surface area contributed by atoms with Crippen LogP contribution in [-0.4, -0.2) is 7.11 Å². The van der Waals surface area contributed by atoms with Gasteiger partial charge in [0.05, 0.1) is 18.5 Å². The molecule has 0 radical (unpaired) electrons. The minimum Gasteiger partial charge on any atom is -0.495 e. The lowest BCUT2D eigenvalue weighted by Gasteiger charge is -2.12. The molecule has 0 aliphatic rings. The third-order valence-corrected chi connectivity index (χ3v) is 3.31. The Morgan fingerprint density at radius 1 is 0.900 bits per heavy atom. The second-order valence-corrected chi connectivity index (χ2v) is 4.61. The first kappa shape index (κ1) is 12.4. The molecular formula is C17H16N2O. The van der Waals surface area contributed by atoms with Crippen LogP contribution in [0.5, 0.6) is 5.75 Å². The summed E-state index contributed by atoms with van der Waals surface area (Å²) in [5, 5.41) is 5.75. The van der Waals surface area contributed by atoms with E-state index in [2.05, 4.69) is 29.6 Å². The molecule has 0 saturated heterocycles. The SMILES string of the molecule is COc1cccc(Nc2ccc3ccccc3c2)c1N. The molecule has 0 aromatic heterocycles. The van der Waals surface area contributed by atoms with Crippen LogP contribution in [0.1, 0.15) is 0 Å². The molecule has 0 unspecified atom stereocenters. The topological polar surface area (TPSA) is 47.3 Å². The summed E-state index contributed by atoms with van der Waals surface area (Å²) in [5.74, 6) is 0.677. The van der Waals surface area contributed by atoms with E-state index in [9.17, 15) is 0 Å². The zero-order valence-corrected chi connectivity index (χ0v) is 11.3. The largest absolute Gasteiger partial charge is 0.495 e. The Bertz CT molecular complexity index is 753. The second-order valence-electron chi connectivity index (χ2n) is 4.61. The Morgan fingerprint density at radius 3 is 2.50 bits per heavy atom. The molecule has 0 atom stereocenters. The monoisotopic (exact) mass is 264 g/mol. The van der Waals surface area contributed by atoms with Crippen molar-refractivity contribution in [2.45, 2.75) is 0 Å². The maximum absolute atomic E-state index is 6.07. The molecule has 0 aliphatic heterocycles. The lowest BCUT2D eigenvalue weighted by atomic mass is 10.1. The maximum Gasteiger partial charge on any atom is 0.143 e. The van der Waals surface area contributed by atoms with Gasteiger partial charge in [-0.05, 0) is 35.0 Å². The predicted molar refractivity (Wildman–Crippen MR) is 84.6 cm³/mol. The Balaban J connectivity index is 1.97. The van der Waals surface area contributed by atoms with Gasteiger partial charge >= 0.3 is 0 Å². The van der Waals surface area contributed by atoms with Gasteiger partial charge in [0.15, 0.2) is 0 Å². The van der Waals surface area contributed by atoms with Crippen LogP contribution < -0.4 is 15.8 Å². The highest BCUT2D eigenvalue weighted by Gasteiger charge is 2.05. The maximum atomic E-state index is 6.07. The van der Waals surface area contributed by atoms with Gasteiger partial charge in [-0.25, -0.2) is 0 Å². The number of para-hydroxylation sites is 1. The number of nitrogens with two attached hydrogens (primary N) is 1. The smallest absolute Gasteiger partial charge is 0.143 e. The Kier molecular flexibility index (Phi) is 3.17.